The van der Waals surface area contributed by atoms with Crippen LogP contribution in [0, 0.1) is 5.41 Å². The average Bonchev–Trinajstić information content (AvgIpc) is 2.48. The van der Waals surface area contributed by atoms with Gasteiger partial charge in [-0.3, -0.25) is 14.5 Å². The molecule has 2 aliphatic heterocycles. The maximum Gasteiger partial charge on any atom is 0.236 e. The molecule has 2 saturated heterocycles. The Labute approximate surface area is 101 Å². The number of carbonyl (C=O) groups excluding carboxylic acids is 2. The van der Waals surface area contributed by atoms with Crippen LogP contribution in [-0.2, 0) is 9.59 Å². The monoisotopic (exact) mass is 241 g/mol. The van der Waals surface area contributed by atoms with E-state index in [0.717, 1.165) is 18.0 Å². The molecule has 2 fully saturated rings. The number of hydrogen-bond donors (Lipinski definition) is 0. The highest BCUT2D eigenvalue weighted by molar-refractivity contribution is 6.06. The van der Waals surface area contributed by atoms with Crippen molar-refractivity contribution in [2.75, 3.05) is 26.7 Å². The van der Waals surface area contributed by atoms with E-state index in [1.54, 1.807) is 0 Å². The Balaban J connectivity index is 2.12. The summed E-state index contributed by atoms with van der Waals surface area (Å²) >= 11 is 0. The van der Waals surface area contributed by atoms with E-state index < -0.39 is 11.6 Å². The highest BCUT2D eigenvalue weighted by Crippen LogP contribution is 2.41. The Morgan fingerprint density at radius 3 is 2.47 bits per heavy atom. The summed E-state index contributed by atoms with van der Waals surface area (Å²) in [7, 11) is 2.01. The van der Waals surface area contributed by atoms with E-state index in [1.165, 1.54) is 6.92 Å². The van der Waals surface area contributed by atoms with Gasteiger partial charge in [-0.1, -0.05) is 0 Å². The van der Waals surface area contributed by atoms with E-state index in [9.17, 15) is 14.0 Å². The van der Waals surface area contributed by atoms with Crippen molar-refractivity contribution in [1.82, 2.24) is 9.80 Å². The van der Waals surface area contributed by atoms with Gasteiger partial charge in [-0.2, -0.15) is 0 Å². The molecular formula is C12H19FN2O2. The van der Waals surface area contributed by atoms with E-state index in [2.05, 4.69) is 4.90 Å². The van der Waals surface area contributed by atoms with Gasteiger partial charge >= 0.3 is 0 Å². The fraction of sp³-hybridized carbons (Fsp3) is 0.833. The Bertz CT molecular complexity index is 335. The summed E-state index contributed by atoms with van der Waals surface area (Å²) in [6.45, 7) is 2.95. The Morgan fingerprint density at radius 2 is 1.94 bits per heavy atom. The zero-order valence-corrected chi connectivity index (χ0v) is 10.4. The van der Waals surface area contributed by atoms with E-state index in [0.29, 0.717) is 12.8 Å². The van der Waals surface area contributed by atoms with Crippen LogP contribution in [0.1, 0.15) is 26.2 Å². The molecule has 0 aromatic heterocycles. The molecule has 0 aromatic rings. The molecule has 0 bridgehead atoms. The van der Waals surface area contributed by atoms with E-state index >= 15 is 0 Å². The summed E-state index contributed by atoms with van der Waals surface area (Å²) in [6.07, 6.45) is 0.549. The third kappa shape index (κ3) is 2.20. The minimum absolute atomic E-state index is 0.0880. The molecule has 0 aromatic carbocycles. The van der Waals surface area contributed by atoms with Gasteiger partial charge in [-0.05, 0) is 39.9 Å². The molecule has 0 radical (unpaired) electrons. The molecule has 0 saturated carbocycles. The van der Waals surface area contributed by atoms with Crippen molar-refractivity contribution in [2.45, 2.75) is 32.4 Å². The lowest BCUT2D eigenvalue weighted by Crippen LogP contribution is -2.44. The number of carbonyl (C=O) groups is 2. The van der Waals surface area contributed by atoms with Crippen molar-refractivity contribution in [3.8, 4) is 0 Å². The second-order valence-electron chi connectivity index (χ2n) is 5.35. The van der Waals surface area contributed by atoms with Gasteiger partial charge in [0.25, 0.3) is 0 Å². The van der Waals surface area contributed by atoms with Gasteiger partial charge in [0.1, 0.15) is 6.17 Å². The number of halogens is 1. The topological polar surface area (TPSA) is 40.6 Å². The van der Waals surface area contributed by atoms with E-state index in [1.807, 2.05) is 7.05 Å². The lowest BCUT2D eigenvalue weighted by Gasteiger charge is -2.35. The maximum absolute atomic E-state index is 13.0. The number of rotatable bonds is 2. The molecule has 2 rings (SSSR count). The van der Waals surface area contributed by atoms with Gasteiger partial charge in [-0.15, -0.1) is 0 Å². The first-order chi connectivity index (χ1) is 7.94. The number of hydrogen-bond acceptors (Lipinski definition) is 3. The van der Waals surface area contributed by atoms with Crippen molar-refractivity contribution in [3.63, 3.8) is 0 Å². The molecular weight excluding hydrogens is 222 g/mol. The number of amides is 2. The number of alkyl halides is 1. The van der Waals surface area contributed by atoms with Crippen molar-refractivity contribution in [1.29, 1.82) is 0 Å². The van der Waals surface area contributed by atoms with E-state index in [4.69, 9.17) is 0 Å². The SMILES string of the molecule is CC([18F])CN1C(=O)CC2(CCN(C)CC2)C1=O. The summed E-state index contributed by atoms with van der Waals surface area (Å²) in [4.78, 5) is 27.3. The normalized spacial score (nSPS) is 26.9. The number of imide groups is 1. The van der Waals surface area contributed by atoms with Gasteiger partial charge in [0.2, 0.25) is 11.8 Å². The summed E-state index contributed by atoms with van der Waals surface area (Å²) < 4.78 is 13.0. The van der Waals surface area contributed by atoms with Gasteiger partial charge in [-0.25, -0.2) is 4.39 Å². The van der Waals surface area contributed by atoms with Crippen LogP contribution >= 0.6 is 0 Å². The lowest BCUT2D eigenvalue weighted by atomic mass is 9.77. The zero-order valence-electron chi connectivity index (χ0n) is 10.4. The Hall–Kier alpha value is -0.970. The summed E-state index contributed by atoms with van der Waals surface area (Å²) in [6, 6.07) is 0. The molecule has 2 heterocycles. The van der Waals surface area contributed by atoms with Crippen LogP contribution in [0.25, 0.3) is 0 Å². The predicted molar refractivity (Wildman–Crippen MR) is 61.1 cm³/mol. The van der Waals surface area contributed by atoms with Crippen molar-refractivity contribution in [2.24, 2.45) is 5.41 Å². The molecule has 0 aliphatic carbocycles. The van der Waals surface area contributed by atoms with Crippen molar-refractivity contribution >= 4 is 11.8 Å². The molecule has 96 valence electrons. The minimum Gasteiger partial charge on any atom is -0.306 e. The molecule has 0 N–H and O–H groups in total. The van der Waals surface area contributed by atoms with Crippen LogP contribution in [0.15, 0.2) is 0 Å². The first-order valence-electron chi connectivity index (χ1n) is 6.12. The summed E-state index contributed by atoms with van der Waals surface area (Å²) in [5.74, 6) is -0.357. The second kappa shape index (κ2) is 4.37. The fourth-order valence-corrected chi connectivity index (χ4v) is 2.73. The summed E-state index contributed by atoms with van der Waals surface area (Å²) in [5, 5.41) is 0. The first kappa shape index (κ1) is 12.5. The molecule has 1 atom stereocenters. The number of likely N-dealkylation sites (tertiary alicyclic amines) is 2. The van der Waals surface area contributed by atoms with E-state index in [-0.39, 0.29) is 24.8 Å². The maximum atomic E-state index is 13.0. The third-order valence-corrected chi connectivity index (χ3v) is 3.87. The molecule has 17 heavy (non-hydrogen) atoms. The minimum atomic E-state index is -1.15. The van der Waals surface area contributed by atoms with Gasteiger partial charge in [0.05, 0.1) is 12.0 Å². The van der Waals surface area contributed by atoms with Crippen LogP contribution in [0.4, 0.5) is 4.39 Å². The van der Waals surface area contributed by atoms with Crippen LogP contribution in [0.5, 0.6) is 0 Å². The molecule has 2 aliphatic rings. The lowest BCUT2D eigenvalue weighted by molar-refractivity contribution is -0.143. The average molecular weight is 241 g/mol. The number of nitrogens with zero attached hydrogens (tertiary/aromatic N) is 2. The highest BCUT2D eigenvalue weighted by Gasteiger charge is 2.52. The molecule has 2 amide bonds. The van der Waals surface area contributed by atoms with Gasteiger partial charge in [0, 0.05) is 6.42 Å². The van der Waals surface area contributed by atoms with Crippen LogP contribution in [0.2, 0.25) is 0 Å². The largest absolute Gasteiger partial charge is 0.306 e. The fourth-order valence-electron chi connectivity index (χ4n) is 2.73. The highest BCUT2D eigenvalue weighted by atomic mass is 18.2. The molecule has 1 spiro atoms. The van der Waals surface area contributed by atoms with Crippen LogP contribution < -0.4 is 0 Å². The summed E-state index contributed by atoms with van der Waals surface area (Å²) in [5.41, 5.74) is -0.529. The third-order valence-electron chi connectivity index (χ3n) is 3.87. The number of piperidine rings is 1. The van der Waals surface area contributed by atoms with Crippen LogP contribution in [0.3, 0.4) is 0 Å². The van der Waals surface area contributed by atoms with Crippen molar-refractivity contribution in [3.05, 3.63) is 0 Å². The molecule has 1 unspecified atom stereocenters. The predicted octanol–water partition coefficient (Wildman–Crippen LogP) is 0.815. The Morgan fingerprint density at radius 1 is 1.35 bits per heavy atom. The van der Waals surface area contributed by atoms with Gasteiger partial charge < -0.3 is 4.90 Å². The quantitative estimate of drug-likeness (QED) is 0.672. The van der Waals surface area contributed by atoms with Crippen molar-refractivity contribution < 1.29 is 14.0 Å². The Kier molecular flexibility index (Phi) is 3.21. The molecule has 4 nitrogen and oxygen atoms in total. The standard InChI is InChI=1S/C12H19FN2O2/c1-9(13)8-15-10(16)7-12(11(15)17)3-5-14(2)6-4-12/h9H,3-8H2,1-2H3/i13-1. The van der Waals surface area contributed by atoms with Gasteiger partial charge in [0.15, 0.2) is 0 Å². The second-order valence-corrected chi connectivity index (χ2v) is 5.35. The zero-order chi connectivity index (χ0) is 12.6. The van der Waals surface area contributed by atoms with Crippen LogP contribution in [-0.4, -0.2) is 54.5 Å². The first-order valence-corrected chi connectivity index (χ1v) is 6.12. The molecule has 5 heteroatoms. The smallest absolute Gasteiger partial charge is 0.236 e.